The highest BCUT2D eigenvalue weighted by atomic mass is 15.3. The fraction of sp³-hybridized carbons (Fsp3) is 0.500. The number of allylic oxidation sites excluding steroid dienone is 2. The first-order valence-electron chi connectivity index (χ1n) is 5.45. The van der Waals surface area contributed by atoms with Crippen molar-refractivity contribution in [3.05, 3.63) is 23.5 Å². The molecular weight excluding hydrogens is 200 g/mol. The van der Waals surface area contributed by atoms with E-state index >= 15 is 0 Å². The van der Waals surface area contributed by atoms with Gasteiger partial charge in [-0.25, -0.2) is 0 Å². The van der Waals surface area contributed by atoms with Crippen LogP contribution in [0, 0.1) is 0 Å². The lowest BCUT2D eigenvalue weighted by Gasteiger charge is -2.37. The molecule has 2 atom stereocenters. The van der Waals surface area contributed by atoms with Gasteiger partial charge in [0.05, 0.1) is 0 Å². The van der Waals surface area contributed by atoms with E-state index < -0.39 is 0 Å². The zero-order chi connectivity index (χ0) is 11.7. The Bertz CT molecular complexity index is 354. The largest absolute Gasteiger partial charge is 0.356 e. The first-order chi connectivity index (χ1) is 7.58. The highest BCUT2D eigenvalue weighted by Crippen LogP contribution is 2.19. The van der Waals surface area contributed by atoms with Gasteiger partial charge < -0.3 is 9.80 Å². The zero-order valence-electron chi connectivity index (χ0n) is 10.3. The Morgan fingerprint density at radius 2 is 1.25 bits per heavy atom. The second-order valence-electron chi connectivity index (χ2n) is 4.46. The predicted octanol–water partition coefficient (Wildman–Crippen LogP) is 1.48. The SMILES string of the molecule is CC1=CN(C)C(C2N=CC(C)=CN2C)N=C1. The van der Waals surface area contributed by atoms with Gasteiger partial charge in [0.25, 0.3) is 0 Å². The molecule has 0 amide bonds. The molecule has 0 radical (unpaired) electrons. The van der Waals surface area contributed by atoms with Crippen LogP contribution in [-0.4, -0.2) is 48.7 Å². The van der Waals surface area contributed by atoms with Crippen molar-refractivity contribution in [3.8, 4) is 0 Å². The molecule has 16 heavy (non-hydrogen) atoms. The minimum Gasteiger partial charge on any atom is -0.356 e. The molecule has 2 unspecified atom stereocenters. The maximum absolute atomic E-state index is 4.54. The second kappa shape index (κ2) is 4.12. The van der Waals surface area contributed by atoms with E-state index in [0.717, 1.165) is 0 Å². The van der Waals surface area contributed by atoms with Gasteiger partial charge in [-0.2, -0.15) is 0 Å². The smallest absolute Gasteiger partial charge is 0.161 e. The van der Waals surface area contributed by atoms with Gasteiger partial charge in [-0.1, -0.05) is 0 Å². The van der Waals surface area contributed by atoms with Gasteiger partial charge in [0.2, 0.25) is 0 Å². The molecule has 0 spiro atoms. The highest BCUT2D eigenvalue weighted by molar-refractivity contribution is 5.79. The Morgan fingerprint density at radius 1 is 0.875 bits per heavy atom. The van der Waals surface area contributed by atoms with Crippen LogP contribution in [0.15, 0.2) is 33.5 Å². The van der Waals surface area contributed by atoms with Crippen molar-refractivity contribution in [2.45, 2.75) is 26.2 Å². The fourth-order valence-corrected chi connectivity index (χ4v) is 2.03. The van der Waals surface area contributed by atoms with Crippen LogP contribution in [0.2, 0.25) is 0 Å². The van der Waals surface area contributed by atoms with E-state index in [9.17, 15) is 0 Å². The van der Waals surface area contributed by atoms with Crippen LogP contribution < -0.4 is 0 Å². The number of likely N-dealkylation sites (N-methyl/N-ethyl adjacent to an activating group) is 2. The van der Waals surface area contributed by atoms with Crippen LogP contribution in [0.1, 0.15) is 13.8 Å². The second-order valence-corrected chi connectivity index (χ2v) is 4.46. The molecule has 2 aliphatic rings. The van der Waals surface area contributed by atoms with Crippen molar-refractivity contribution >= 4 is 12.4 Å². The third kappa shape index (κ3) is 2.01. The molecule has 0 aromatic carbocycles. The van der Waals surface area contributed by atoms with E-state index in [1.807, 2.05) is 40.4 Å². The fourth-order valence-electron chi connectivity index (χ4n) is 2.03. The van der Waals surface area contributed by atoms with E-state index in [2.05, 4.69) is 32.2 Å². The van der Waals surface area contributed by atoms with Crippen LogP contribution in [-0.2, 0) is 0 Å². The Hall–Kier alpha value is -1.58. The molecule has 2 heterocycles. The molecule has 0 saturated heterocycles. The van der Waals surface area contributed by atoms with E-state index in [1.54, 1.807) is 0 Å². The first kappa shape index (κ1) is 10.9. The summed E-state index contributed by atoms with van der Waals surface area (Å²) in [5.74, 6) is 0. The summed E-state index contributed by atoms with van der Waals surface area (Å²) < 4.78 is 0. The molecule has 4 heteroatoms. The van der Waals surface area contributed by atoms with Crippen LogP contribution >= 0.6 is 0 Å². The van der Waals surface area contributed by atoms with Crippen LogP contribution in [0.3, 0.4) is 0 Å². The summed E-state index contributed by atoms with van der Waals surface area (Å²) in [6, 6.07) is 0. The third-order valence-electron chi connectivity index (χ3n) is 2.78. The molecule has 86 valence electrons. The number of nitrogens with zero attached hydrogens (tertiary/aromatic N) is 4. The molecule has 0 aromatic heterocycles. The van der Waals surface area contributed by atoms with Crippen molar-refractivity contribution in [3.63, 3.8) is 0 Å². The van der Waals surface area contributed by atoms with Crippen LogP contribution in [0.4, 0.5) is 0 Å². The van der Waals surface area contributed by atoms with Gasteiger partial charge in [0, 0.05) is 38.9 Å². The summed E-state index contributed by atoms with van der Waals surface area (Å²) in [6.07, 6.45) is 8.17. The number of aliphatic imine (C=N–C) groups is 2. The molecule has 2 aliphatic heterocycles. The average molecular weight is 218 g/mol. The van der Waals surface area contributed by atoms with Gasteiger partial charge >= 0.3 is 0 Å². The quantitative estimate of drug-likeness (QED) is 0.667. The minimum atomic E-state index is 0.0642. The van der Waals surface area contributed by atoms with E-state index in [0.29, 0.717) is 0 Å². The van der Waals surface area contributed by atoms with Gasteiger partial charge in [0.15, 0.2) is 12.3 Å². The molecule has 0 saturated carbocycles. The Kier molecular flexibility index (Phi) is 2.81. The topological polar surface area (TPSA) is 31.2 Å². The summed E-state index contributed by atoms with van der Waals surface area (Å²) in [4.78, 5) is 13.3. The van der Waals surface area contributed by atoms with Crippen molar-refractivity contribution in [2.24, 2.45) is 9.98 Å². The average Bonchev–Trinajstić information content (AvgIpc) is 2.19. The van der Waals surface area contributed by atoms with Gasteiger partial charge in [-0.15, -0.1) is 0 Å². The highest BCUT2D eigenvalue weighted by Gasteiger charge is 2.27. The van der Waals surface area contributed by atoms with Crippen LogP contribution in [0.25, 0.3) is 0 Å². The van der Waals surface area contributed by atoms with E-state index in [1.165, 1.54) is 11.1 Å². The first-order valence-corrected chi connectivity index (χ1v) is 5.45. The van der Waals surface area contributed by atoms with Crippen molar-refractivity contribution in [2.75, 3.05) is 14.1 Å². The van der Waals surface area contributed by atoms with E-state index in [-0.39, 0.29) is 12.3 Å². The molecule has 0 fully saturated rings. The summed E-state index contributed by atoms with van der Waals surface area (Å²) in [6.45, 7) is 4.10. The molecule has 0 bridgehead atoms. The molecule has 4 nitrogen and oxygen atoms in total. The number of hydrogen-bond donors (Lipinski definition) is 0. The van der Waals surface area contributed by atoms with Crippen molar-refractivity contribution in [1.82, 2.24) is 9.80 Å². The zero-order valence-corrected chi connectivity index (χ0v) is 10.3. The van der Waals surface area contributed by atoms with Crippen molar-refractivity contribution < 1.29 is 0 Å². The Morgan fingerprint density at radius 3 is 1.56 bits per heavy atom. The summed E-state index contributed by atoms with van der Waals surface area (Å²) in [7, 11) is 4.08. The minimum absolute atomic E-state index is 0.0642. The lowest BCUT2D eigenvalue weighted by Crippen LogP contribution is -2.46. The molecule has 0 aliphatic carbocycles. The van der Waals surface area contributed by atoms with Gasteiger partial charge in [0.1, 0.15) is 0 Å². The number of rotatable bonds is 1. The molecular formula is C12H18N4. The molecule has 2 rings (SSSR count). The van der Waals surface area contributed by atoms with Gasteiger partial charge in [-0.05, 0) is 25.0 Å². The maximum atomic E-state index is 4.54. The van der Waals surface area contributed by atoms with E-state index in [4.69, 9.17) is 0 Å². The summed E-state index contributed by atoms with van der Waals surface area (Å²) >= 11 is 0. The molecule has 0 aromatic rings. The normalized spacial score (nSPS) is 29.2. The van der Waals surface area contributed by atoms with Gasteiger partial charge in [-0.3, -0.25) is 9.98 Å². The lowest BCUT2D eigenvalue weighted by molar-refractivity contribution is 0.189. The standard InChI is InChI=1S/C12H18N4/c1-9-5-13-11(15(3)7-9)12-14-6-10(2)8-16(12)4/h5-8,11-12H,1-4H3. The lowest BCUT2D eigenvalue weighted by atomic mass is 10.2. The Balaban J connectivity index is 2.16. The molecule has 0 N–H and O–H groups in total. The number of hydrogen-bond acceptors (Lipinski definition) is 4. The third-order valence-corrected chi connectivity index (χ3v) is 2.78. The predicted molar refractivity (Wildman–Crippen MR) is 67.6 cm³/mol. The van der Waals surface area contributed by atoms with Crippen molar-refractivity contribution in [1.29, 1.82) is 0 Å². The summed E-state index contributed by atoms with van der Waals surface area (Å²) in [5.41, 5.74) is 2.35. The monoisotopic (exact) mass is 218 g/mol. The summed E-state index contributed by atoms with van der Waals surface area (Å²) in [5, 5.41) is 0. The Labute approximate surface area is 96.7 Å². The van der Waals surface area contributed by atoms with Crippen LogP contribution in [0.5, 0.6) is 0 Å². The maximum Gasteiger partial charge on any atom is 0.161 e.